The van der Waals surface area contributed by atoms with Gasteiger partial charge in [0.15, 0.2) is 24.8 Å². The van der Waals surface area contributed by atoms with Crippen molar-refractivity contribution in [1.82, 2.24) is 0 Å². The van der Waals surface area contributed by atoms with E-state index in [0.29, 0.717) is 5.69 Å². The molecule has 1 atom stereocenters. The number of nitrogens with one attached hydrogen (secondary N) is 1. The van der Waals surface area contributed by atoms with Gasteiger partial charge >= 0.3 is 17.4 Å². The van der Waals surface area contributed by atoms with Gasteiger partial charge in [-0.1, -0.05) is 72.8 Å². The number of benzene rings is 4. The standard InChI is InChI=1S/C18H15S.C12H12F5NO5S/c1-4-10-16(11-5-1)19(17-12-6-2-7-13-17)18-14-8-3-9-15-18;13-11(14,15)10(12(16,17)24(20,21)22)23-9(19)6-7-18-8-4-2-1-3-5-8/h1-15H;1-5,10,18H,6-7H2,(H,20,21,22)/q+1;/p-1. The minimum absolute atomic E-state index is 0.0146. The van der Waals surface area contributed by atoms with Crippen LogP contribution in [0.3, 0.4) is 0 Å². The first kappa shape index (κ1) is 33.6. The Morgan fingerprint density at radius 1 is 0.721 bits per heavy atom. The van der Waals surface area contributed by atoms with Crippen LogP contribution in [0.5, 0.6) is 0 Å². The molecule has 6 nitrogen and oxygen atoms in total. The van der Waals surface area contributed by atoms with Gasteiger partial charge in [-0.3, -0.25) is 4.79 Å². The first-order valence-corrected chi connectivity index (χ1v) is 15.2. The fourth-order valence-corrected chi connectivity index (χ4v) is 6.14. The second kappa shape index (κ2) is 15.0. The van der Waals surface area contributed by atoms with E-state index in [1.165, 1.54) is 14.7 Å². The Morgan fingerprint density at radius 2 is 1.09 bits per heavy atom. The van der Waals surface area contributed by atoms with E-state index in [9.17, 15) is 39.7 Å². The molecule has 0 aliphatic rings. The molecule has 1 N–H and O–H groups in total. The van der Waals surface area contributed by atoms with Gasteiger partial charge in [0, 0.05) is 12.2 Å². The summed E-state index contributed by atoms with van der Waals surface area (Å²) in [5, 5.41) is -3.23. The van der Waals surface area contributed by atoms with Crippen LogP contribution < -0.4 is 5.32 Å². The van der Waals surface area contributed by atoms with E-state index < -0.39 is 40.0 Å². The first-order chi connectivity index (χ1) is 20.3. The van der Waals surface area contributed by atoms with Crippen LogP contribution in [0.25, 0.3) is 0 Å². The maximum Gasteiger partial charge on any atom is 0.432 e. The number of carbonyl (C=O) groups excluding carboxylic acids is 1. The molecule has 0 radical (unpaired) electrons. The molecule has 1 unspecified atom stereocenters. The van der Waals surface area contributed by atoms with Crippen molar-refractivity contribution in [2.45, 2.75) is 38.6 Å². The van der Waals surface area contributed by atoms with Crippen LogP contribution in [0.4, 0.5) is 27.6 Å². The summed E-state index contributed by atoms with van der Waals surface area (Å²) >= 11 is 0. The minimum atomic E-state index is -6.69. The third-order valence-corrected chi connectivity index (χ3v) is 8.67. The number of ether oxygens (including phenoxy) is 1. The van der Waals surface area contributed by atoms with Crippen molar-refractivity contribution in [3.05, 3.63) is 121 Å². The number of anilines is 1. The number of alkyl halides is 5. The van der Waals surface area contributed by atoms with Gasteiger partial charge in [-0.25, -0.2) is 8.42 Å². The molecule has 0 saturated heterocycles. The molecule has 0 fully saturated rings. The summed E-state index contributed by atoms with van der Waals surface area (Å²) in [5.41, 5.74) is 0.505. The number of esters is 1. The molecule has 0 saturated carbocycles. The van der Waals surface area contributed by atoms with Crippen molar-refractivity contribution in [1.29, 1.82) is 0 Å². The zero-order valence-corrected chi connectivity index (χ0v) is 23.9. The Morgan fingerprint density at radius 3 is 1.44 bits per heavy atom. The maximum absolute atomic E-state index is 13.1. The number of carbonyl (C=O) groups is 1. The highest BCUT2D eigenvalue weighted by Gasteiger charge is 2.62. The number of halogens is 5. The van der Waals surface area contributed by atoms with Crippen LogP contribution in [0.2, 0.25) is 0 Å². The molecule has 0 aliphatic heterocycles. The summed E-state index contributed by atoms with van der Waals surface area (Å²) in [7, 11) is -6.70. The normalized spacial score (nSPS) is 12.5. The van der Waals surface area contributed by atoms with Crippen LogP contribution >= 0.6 is 0 Å². The highest BCUT2D eigenvalue weighted by atomic mass is 32.2. The largest absolute Gasteiger partial charge is 0.743 e. The molecule has 0 bridgehead atoms. The first-order valence-electron chi connectivity index (χ1n) is 12.6. The summed E-state index contributed by atoms with van der Waals surface area (Å²) in [6, 6.07) is 40.2. The SMILES string of the molecule is O=C(CCNc1ccccc1)OC(C(F)(F)F)C(F)(F)S(=O)(=O)[O-].c1ccc([S+](c2ccccc2)c2ccccc2)cc1. The van der Waals surface area contributed by atoms with Crippen molar-refractivity contribution in [2.75, 3.05) is 11.9 Å². The third-order valence-electron chi connectivity index (χ3n) is 5.55. The second-order valence-electron chi connectivity index (χ2n) is 8.72. The third kappa shape index (κ3) is 9.80. The lowest BCUT2D eigenvalue weighted by Crippen LogP contribution is -2.52. The Hall–Kier alpha value is -3.94. The highest BCUT2D eigenvalue weighted by Crippen LogP contribution is 2.38. The Labute approximate surface area is 248 Å². The summed E-state index contributed by atoms with van der Waals surface area (Å²) in [6.45, 7) is -0.261. The Kier molecular flexibility index (Phi) is 11.7. The number of hydrogen-bond donors (Lipinski definition) is 1. The van der Waals surface area contributed by atoms with Crippen LogP contribution in [-0.2, 0) is 30.5 Å². The lowest BCUT2D eigenvalue weighted by atomic mass is 10.3. The van der Waals surface area contributed by atoms with Crippen molar-refractivity contribution >= 4 is 32.7 Å². The number of para-hydroxylation sites is 1. The average Bonchev–Trinajstić information content (AvgIpc) is 2.97. The van der Waals surface area contributed by atoms with Crippen LogP contribution in [0.1, 0.15) is 6.42 Å². The Bertz CT molecular complexity index is 1430. The molecule has 4 rings (SSSR count). The summed E-state index contributed by atoms with van der Waals surface area (Å²) in [6.07, 6.45) is -11.1. The fraction of sp³-hybridized carbons (Fsp3) is 0.167. The van der Waals surface area contributed by atoms with Crippen LogP contribution in [-0.4, -0.2) is 43.0 Å². The predicted molar refractivity (Wildman–Crippen MR) is 152 cm³/mol. The Balaban J connectivity index is 0.000000241. The molecule has 0 aliphatic carbocycles. The molecule has 0 amide bonds. The molecular formula is C30H26F5NO5S2. The van der Waals surface area contributed by atoms with Gasteiger partial charge in [0.1, 0.15) is 0 Å². The van der Waals surface area contributed by atoms with E-state index in [4.69, 9.17) is 0 Å². The van der Waals surface area contributed by atoms with E-state index in [-0.39, 0.29) is 17.4 Å². The zero-order valence-electron chi connectivity index (χ0n) is 22.3. The van der Waals surface area contributed by atoms with Crippen molar-refractivity contribution in [2.24, 2.45) is 0 Å². The molecule has 43 heavy (non-hydrogen) atoms. The monoisotopic (exact) mass is 639 g/mol. The summed E-state index contributed by atoms with van der Waals surface area (Å²) in [4.78, 5) is 15.4. The molecule has 4 aromatic rings. The highest BCUT2D eigenvalue weighted by molar-refractivity contribution is 7.97. The summed E-state index contributed by atoms with van der Waals surface area (Å²) in [5.74, 6) is -1.75. The van der Waals surface area contributed by atoms with Gasteiger partial charge in [-0.05, 0) is 48.5 Å². The van der Waals surface area contributed by atoms with Gasteiger partial charge in [-0.2, -0.15) is 22.0 Å². The van der Waals surface area contributed by atoms with Gasteiger partial charge in [0.2, 0.25) is 0 Å². The van der Waals surface area contributed by atoms with Crippen molar-refractivity contribution in [3.8, 4) is 0 Å². The van der Waals surface area contributed by atoms with E-state index in [1.807, 2.05) is 0 Å². The lowest BCUT2D eigenvalue weighted by Gasteiger charge is -2.29. The molecule has 0 heterocycles. The number of rotatable bonds is 10. The van der Waals surface area contributed by atoms with E-state index >= 15 is 0 Å². The van der Waals surface area contributed by atoms with E-state index in [1.54, 1.807) is 30.3 Å². The quantitative estimate of drug-likeness (QED) is 0.0880. The van der Waals surface area contributed by atoms with Crippen LogP contribution in [0, 0.1) is 0 Å². The van der Waals surface area contributed by atoms with E-state index in [2.05, 4.69) is 101 Å². The van der Waals surface area contributed by atoms with Gasteiger partial charge in [-0.15, -0.1) is 0 Å². The lowest BCUT2D eigenvalue weighted by molar-refractivity contribution is -0.259. The van der Waals surface area contributed by atoms with Crippen molar-refractivity contribution in [3.63, 3.8) is 0 Å². The predicted octanol–water partition coefficient (Wildman–Crippen LogP) is 6.88. The van der Waals surface area contributed by atoms with Crippen LogP contribution in [0.15, 0.2) is 136 Å². The smallest absolute Gasteiger partial charge is 0.432 e. The van der Waals surface area contributed by atoms with Gasteiger partial charge in [0.25, 0.3) is 6.10 Å². The topological polar surface area (TPSA) is 95.5 Å². The zero-order chi connectivity index (χ0) is 31.5. The molecule has 0 aromatic heterocycles. The molecule has 13 heteroatoms. The molecule has 228 valence electrons. The fourth-order valence-electron chi connectivity index (χ4n) is 3.59. The number of hydrogen-bond acceptors (Lipinski definition) is 6. The molecule has 4 aromatic carbocycles. The second-order valence-corrected chi connectivity index (χ2v) is 12.2. The molecular weight excluding hydrogens is 613 g/mol. The van der Waals surface area contributed by atoms with Gasteiger partial charge < -0.3 is 14.6 Å². The van der Waals surface area contributed by atoms with E-state index in [0.717, 1.165) is 0 Å². The average molecular weight is 640 g/mol. The minimum Gasteiger partial charge on any atom is -0.743 e. The van der Waals surface area contributed by atoms with Gasteiger partial charge in [0.05, 0.1) is 17.3 Å². The summed E-state index contributed by atoms with van der Waals surface area (Å²) < 4.78 is 98.3. The maximum atomic E-state index is 13.1. The van der Waals surface area contributed by atoms with Crippen molar-refractivity contribution < 1.29 is 44.5 Å². The molecule has 0 spiro atoms.